The van der Waals surface area contributed by atoms with E-state index >= 15 is 0 Å². The number of likely N-dealkylation sites (N-methyl/N-ethyl adjacent to an activating group) is 1. The Labute approximate surface area is 188 Å². The predicted octanol–water partition coefficient (Wildman–Crippen LogP) is 3.47. The van der Waals surface area contributed by atoms with Crippen molar-refractivity contribution in [1.29, 1.82) is 0 Å². The molecule has 0 saturated heterocycles. The summed E-state index contributed by atoms with van der Waals surface area (Å²) in [6, 6.07) is 8.89. The molecular formula is C25H30N2O5. The van der Waals surface area contributed by atoms with Crippen molar-refractivity contribution in [3.63, 3.8) is 0 Å². The molecule has 3 rings (SSSR count). The fraction of sp³-hybridized carbons (Fsp3) is 0.400. The SMILES string of the molecule is CCN(CC)C(=O)CN1C(=O)COc2ccc(C(=O)COc3cc(C)cc(C)c3C)cc21. The van der Waals surface area contributed by atoms with Crippen LogP contribution in [0.25, 0.3) is 0 Å². The Morgan fingerprint density at radius 2 is 1.81 bits per heavy atom. The molecule has 2 aromatic rings. The van der Waals surface area contributed by atoms with Gasteiger partial charge in [0.15, 0.2) is 19.0 Å². The average molecular weight is 439 g/mol. The largest absolute Gasteiger partial charge is 0.485 e. The standard InChI is InChI=1S/C25H30N2O5/c1-6-26(7-2)24(29)13-27-20-12-19(8-9-22(20)32-15-25(27)30)21(28)14-31-23-11-16(3)10-17(4)18(23)5/h8-12H,6-7,13-15H2,1-5H3. The third-order valence-electron chi connectivity index (χ3n) is 5.76. The van der Waals surface area contributed by atoms with Gasteiger partial charge in [-0.1, -0.05) is 6.07 Å². The van der Waals surface area contributed by atoms with E-state index in [9.17, 15) is 14.4 Å². The number of fused-ring (bicyclic) bond motifs is 1. The fourth-order valence-electron chi connectivity index (χ4n) is 3.74. The van der Waals surface area contributed by atoms with Crippen LogP contribution in [0.2, 0.25) is 0 Å². The molecule has 0 bridgehead atoms. The molecule has 0 radical (unpaired) electrons. The highest BCUT2D eigenvalue weighted by molar-refractivity contribution is 6.04. The van der Waals surface area contributed by atoms with Gasteiger partial charge in [0.2, 0.25) is 5.91 Å². The third-order valence-corrected chi connectivity index (χ3v) is 5.76. The van der Waals surface area contributed by atoms with Crippen LogP contribution in [-0.2, 0) is 9.59 Å². The zero-order valence-electron chi connectivity index (χ0n) is 19.4. The number of aryl methyl sites for hydroxylation is 2. The molecule has 7 nitrogen and oxygen atoms in total. The van der Waals surface area contributed by atoms with Crippen LogP contribution in [0.3, 0.4) is 0 Å². The lowest BCUT2D eigenvalue weighted by atomic mass is 10.1. The summed E-state index contributed by atoms with van der Waals surface area (Å²) < 4.78 is 11.3. The monoisotopic (exact) mass is 438 g/mol. The van der Waals surface area contributed by atoms with Gasteiger partial charge in [0.25, 0.3) is 5.91 Å². The minimum Gasteiger partial charge on any atom is -0.485 e. The number of carbonyl (C=O) groups is 3. The second-order valence-electron chi connectivity index (χ2n) is 7.93. The first-order valence-electron chi connectivity index (χ1n) is 10.8. The summed E-state index contributed by atoms with van der Waals surface area (Å²) in [5, 5.41) is 0. The Bertz CT molecular complexity index is 1040. The van der Waals surface area contributed by atoms with Gasteiger partial charge in [-0.2, -0.15) is 0 Å². The quantitative estimate of drug-likeness (QED) is 0.590. The minimum atomic E-state index is -0.315. The highest BCUT2D eigenvalue weighted by Crippen LogP contribution is 2.33. The maximum atomic E-state index is 12.9. The van der Waals surface area contributed by atoms with Crippen molar-refractivity contribution in [3.05, 3.63) is 52.6 Å². The molecule has 2 amide bonds. The van der Waals surface area contributed by atoms with Crippen molar-refractivity contribution in [2.75, 3.05) is 37.7 Å². The summed E-state index contributed by atoms with van der Waals surface area (Å²) in [5.41, 5.74) is 3.98. The van der Waals surface area contributed by atoms with E-state index in [1.807, 2.05) is 40.7 Å². The van der Waals surface area contributed by atoms with Crippen LogP contribution in [0.15, 0.2) is 30.3 Å². The lowest BCUT2D eigenvalue weighted by molar-refractivity contribution is -0.131. The molecule has 0 N–H and O–H groups in total. The second kappa shape index (κ2) is 9.85. The number of ketones is 1. The molecule has 1 heterocycles. The number of hydrogen-bond donors (Lipinski definition) is 0. The van der Waals surface area contributed by atoms with Crippen molar-refractivity contribution in [2.45, 2.75) is 34.6 Å². The second-order valence-corrected chi connectivity index (χ2v) is 7.93. The molecule has 7 heteroatoms. The zero-order chi connectivity index (χ0) is 23.4. The first kappa shape index (κ1) is 23.3. The average Bonchev–Trinajstić information content (AvgIpc) is 2.77. The number of ether oxygens (including phenoxy) is 2. The summed E-state index contributed by atoms with van der Waals surface area (Å²) in [7, 11) is 0. The molecule has 0 fully saturated rings. The number of anilines is 1. The lowest BCUT2D eigenvalue weighted by Crippen LogP contribution is -2.46. The summed E-state index contributed by atoms with van der Waals surface area (Å²) in [5.74, 6) is 0.462. The van der Waals surface area contributed by atoms with Crippen LogP contribution in [0.1, 0.15) is 40.9 Å². The molecule has 32 heavy (non-hydrogen) atoms. The fourth-order valence-corrected chi connectivity index (χ4v) is 3.74. The van der Waals surface area contributed by atoms with Gasteiger partial charge in [-0.25, -0.2) is 0 Å². The maximum Gasteiger partial charge on any atom is 0.265 e. The summed E-state index contributed by atoms with van der Waals surface area (Å²) in [6.07, 6.45) is 0. The van der Waals surface area contributed by atoms with E-state index in [0.29, 0.717) is 35.8 Å². The highest BCUT2D eigenvalue weighted by atomic mass is 16.5. The number of Topliss-reactive ketones (excluding diaryl/α,β-unsaturated/α-hetero) is 1. The molecule has 0 unspecified atom stereocenters. The molecule has 1 aliphatic rings. The Hall–Kier alpha value is -3.35. The summed E-state index contributed by atoms with van der Waals surface area (Å²) >= 11 is 0. The summed E-state index contributed by atoms with van der Waals surface area (Å²) in [4.78, 5) is 41.0. The number of nitrogens with zero attached hydrogens (tertiary/aromatic N) is 2. The first-order chi connectivity index (χ1) is 15.2. The number of hydrogen-bond acceptors (Lipinski definition) is 5. The van der Waals surface area contributed by atoms with Crippen LogP contribution in [0.5, 0.6) is 11.5 Å². The number of benzene rings is 2. The molecule has 0 spiro atoms. The van der Waals surface area contributed by atoms with Gasteiger partial charge in [-0.15, -0.1) is 0 Å². The highest BCUT2D eigenvalue weighted by Gasteiger charge is 2.29. The molecular weight excluding hydrogens is 408 g/mol. The van der Waals surface area contributed by atoms with Crippen molar-refractivity contribution in [3.8, 4) is 11.5 Å². The van der Waals surface area contributed by atoms with E-state index in [-0.39, 0.29) is 37.4 Å². The first-order valence-corrected chi connectivity index (χ1v) is 10.8. The van der Waals surface area contributed by atoms with Gasteiger partial charge in [0.1, 0.15) is 18.0 Å². The Balaban J connectivity index is 1.80. The normalized spacial score (nSPS) is 12.8. The van der Waals surface area contributed by atoms with Crippen LogP contribution >= 0.6 is 0 Å². The molecule has 0 aliphatic carbocycles. The predicted molar refractivity (Wildman–Crippen MR) is 123 cm³/mol. The van der Waals surface area contributed by atoms with Crippen molar-refractivity contribution in [1.82, 2.24) is 4.90 Å². The Kier molecular flexibility index (Phi) is 7.18. The van der Waals surface area contributed by atoms with Gasteiger partial charge in [-0.05, 0) is 75.6 Å². The molecule has 0 aromatic heterocycles. The maximum absolute atomic E-state index is 12.9. The molecule has 170 valence electrons. The third kappa shape index (κ3) is 4.93. The van der Waals surface area contributed by atoms with E-state index < -0.39 is 0 Å². The van der Waals surface area contributed by atoms with E-state index in [1.165, 1.54) is 4.90 Å². The number of rotatable bonds is 8. The van der Waals surface area contributed by atoms with Gasteiger partial charge in [0, 0.05) is 18.7 Å². The zero-order valence-corrected chi connectivity index (χ0v) is 19.4. The molecule has 2 aromatic carbocycles. The topological polar surface area (TPSA) is 76.2 Å². The Morgan fingerprint density at radius 1 is 1.09 bits per heavy atom. The van der Waals surface area contributed by atoms with Gasteiger partial charge in [-0.3, -0.25) is 19.3 Å². The summed E-state index contributed by atoms with van der Waals surface area (Å²) in [6.45, 7) is 10.5. The molecule has 1 aliphatic heterocycles. The molecule has 0 atom stereocenters. The van der Waals surface area contributed by atoms with Crippen molar-refractivity contribution in [2.24, 2.45) is 0 Å². The smallest absolute Gasteiger partial charge is 0.265 e. The van der Waals surface area contributed by atoms with Crippen LogP contribution in [-0.4, -0.2) is 55.3 Å². The molecule has 0 saturated carbocycles. The van der Waals surface area contributed by atoms with E-state index in [1.54, 1.807) is 23.1 Å². The Morgan fingerprint density at radius 3 is 2.50 bits per heavy atom. The van der Waals surface area contributed by atoms with E-state index in [4.69, 9.17) is 9.47 Å². The van der Waals surface area contributed by atoms with Crippen LogP contribution in [0, 0.1) is 20.8 Å². The van der Waals surface area contributed by atoms with Crippen LogP contribution in [0.4, 0.5) is 5.69 Å². The number of amides is 2. The van der Waals surface area contributed by atoms with E-state index in [0.717, 1.165) is 16.7 Å². The van der Waals surface area contributed by atoms with Crippen molar-refractivity contribution < 1.29 is 23.9 Å². The van der Waals surface area contributed by atoms with E-state index in [2.05, 4.69) is 6.07 Å². The van der Waals surface area contributed by atoms with Gasteiger partial charge in [0.05, 0.1) is 5.69 Å². The van der Waals surface area contributed by atoms with Crippen molar-refractivity contribution >= 4 is 23.3 Å². The van der Waals surface area contributed by atoms with Gasteiger partial charge < -0.3 is 14.4 Å². The lowest BCUT2D eigenvalue weighted by Gasteiger charge is -2.31. The van der Waals surface area contributed by atoms with Crippen LogP contribution < -0.4 is 14.4 Å². The van der Waals surface area contributed by atoms with Gasteiger partial charge >= 0.3 is 0 Å². The minimum absolute atomic E-state index is 0.0905. The number of carbonyl (C=O) groups excluding carboxylic acids is 3.